The van der Waals surface area contributed by atoms with Crippen LogP contribution in [0.25, 0.3) is 0 Å². The van der Waals surface area contributed by atoms with Crippen molar-refractivity contribution in [2.24, 2.45) is 0 Å². The quantitative estimate of drug-likeness (QED) is 0.391. The van der Waals surface area contributed by atoms with Crippen molar-refractivity contribution in [2.45, 2.75) is 66.0 Å². The van der Waals surface area contributed by atoms with Crippen molar-refractivity contribution in [2.75, 3.05) is 43.8 Å². The molecule has 1 unspecified atom stereocenters. The SMILES string of the molecule is C.C/C=C\C.CC#CCOC(=O)N1CCC(C)(N2CCC(Nc3ccccc3N)CC2)C1. The number of nitrogens with two attached hydrogens (primary N) is 1. The topological polar surface area (TPSA) is 70.8 Å². The van der Waals surface area contributed by atoms with Gasteiger partial charge in [0.05, 0.1) is 11.4 Å². The minimum absolute atomic E-state index is 0. The smallest absolute Gasteiger partial charge is 0.410 e. The fraction of sp³-hybridized carbons (Fsp3) is 0.577. The number of carbonyl (C=O) groups is 1. The number of rotatable bonds is 4. The maximum Gasteiger partial charge on any atom is 0.410 e. The second-order valence-corrected chi connectivity index (χ2v) is 8.31. The van der Waals surface area contributed by atoms with Gasteiger partial charge in [-0.25, -0.2) is 4.79 Å². The number of benzene rings is 1. The lowest BCUT2D eigenvalue weighted by Crippen LogP contribution is -2.53. The van der Waals surface area contributed by atoms with Crippen LogP contribution >= 0.6 is 0 Å². The minimum atomic E-state index is -0.252. The molecular formula is C26H42N4O2. The van der Waals surface area contributed by atoms with Gasteiger partial charge in [0, 0.05) is 37.8 Å². The number of nitrogen functional groups attached to an aromatic ring is 1. The largest absolute Gasteiger partial charge is 0.436 e. The first-order chi connectivity index (χ1) is 14.9. The first kappa shape index (κ1) is 27.4. The average Bonchev–Trinajstić information content (AvgIpc) is 3.19. The van der Waals surface area contributed by atoms with Gasteiger partial charge in [0.1, 0.15) is 0 Å². The van der Waals surface area contributed by atoms with Crippen LogP contribution in [0.2, 0.25) is 0 Å². The highest BCUT2D eigenvalue weighted by Crippen LogP contribution is 2.31. The van der Waals surface area contributed by atoms with E-state index in [-0.39, 0.29) is 25.7 Å². The number of ether oxygens (including phenoxy) is 1. The summed E-state index contributed by atoms with van der Waals surface area (Å²) in [6.07, 6.45) is 6.87. The van der Waals surface area contributed by atoms with Gasteiger partial charge in [0.15, 0.2) is 6.61 Å². The summed E-state index contributed by atoms with van der Waals surface area (Å²) in [5.41, 5.74) is 7.88. The molecule has 1 aromatic rings. The summed E-state index contributed by atoms with van der Waals surface area (Å²) in [5.74, 6) is 5.51. The van der Waals surface area contributed by atoms with E-state index in [9.17, 15) is 4.79 Å². The first-order valence-electron chi connectivity index (χ1n) is 11.2. The Morgan fingerprint density at radius 2 is 1.91 bits per heavy atom. The van der Waals surface area contributed by atoms with E-state index < -0.39 is 0 Å². The monoisotopic (exact) mass is 442 g/mol. The van der Waals surface area contributed by atoms with Gasteiger partial charge < -0.3 is 20.7 Å². The molecular weight excluding hydrogens is 400 g/mol. The van der Waals surface area contributed by atoms with Gasteiger partial charge in [-0.2, -0.15) is 0 Å². The molecule has 1 amide bonds. The zero-order valence-electron chi connectivity index (χ0n) is 19.5. The fourth-order valence-corrected chi connectivity index (χ4v) is 4.03. The second-order valence-electron chi connectivity index (χ2n) is 8.31. The Bertz CT molecular complexity index is 787. The highest BCUT2D eigenvalue weighted by Gasteiger charge is 2.42. The summed E-state index contributed by atoms with van der Waals surface area (Å²) in [5, 5.41) is 3.58. The van der Waals surface area contributed by atoms with Crippen LogP contribution in [-0.4, -0.2) is 60.3 Å². The lowest BCUT2D eigenvalue weighted by atomic mass is 9.94. The summed E-state index contributed by atoms with van der Waals surface area (Å²) in [6, 6.07) is 8.36. The van der Waals surface area contributed by atoms with Gasteiger partial charge in [-0.1, -0.05) is 37.6 Å². The van der Waals surface area contributed by atoms with Crippen LogP contribution in [0.4, 0.5) is 16.2 Å². The third-order valence-electron chi connectivity index (χ3n) is 6.07. The summed E-state index contributed by atoms with van der Waals surface area (Å²) in [4.78, 5) is 16.5. The number of piperidine rings is 1. The van der Waals surface area contributed by atoms with E-state index in [4.69, 9.17) is 10.5 Å². The Kier molecular flexibility index (Phi) is 11.7. The average molecular weight is 443 g/mol. The molecule has 0 radical (unpaired) electrons. The number of allylic oxidation sites excluding steroid dienone is 2. The molecule has 0 aliphatic carbocycles. The summed E-state index contributed by atoms with van der Waals surface area (Å²) in [7, 11) is 0. The van der Waals surface area contributed by atoms with Crippen molar-refractivity contribution in [1.29, 1.82) is 0 Å². The summed E-state index contributed by atoms with van der Waals surface area (Å²) in [6.45, 7) is 11.7. The normalized spacial score (nSPS) is 21.1. The molecule has 178 valence electrons. The Morgan fingerprint density at radius 3 is 2.50 bits per heavy atom. The van der Waals surface area contributed by atoms with E-state index in [1.165, 1.54) is 0 Å². The van der Waals surface area contributed by atoms with Crippen molar-refractivity contribution in [1.82, 2.24) is 9.80 Å². The second kappa shape index (κ2) is 13.7. The van der Waals surface area contributed by atoms with Crippen molar-refractivity contribution in [3.05, 3.63) is 36.4 Å². The van der Waals surface area contributed by atoms with Crippen molar-refractivity contribution >= 4 is 17.5 Å². The lowest BCUT2D eigenvalue weighted by Gasteiger charge is -2.43. The third-order valence-corrected chi connectivity index (χ3v) is 6.07. The fourth-order valence-electron chi connectivity index (χ4n) is 4.03. The standard InChI is InChI=1S/C21H30N4O2.C4H8.CH4/c1-3-4-15-27-20(26)24-14-11-21(2,16-24)25-12-9-17(10-13-25)23-19-8-6-5-7-18(19)22;1-3-4-2;/h5-8,17,23H,9-16,22H2,1-2H3;3-4H,1-2H3;1H4/b;4-3-;. The Labute approximate surface area is 195 Å². The number of nitrogens with one attached hydrogen (secondary N) is 1. The molecule has 0 aromatic heterocycles. The number of carbonyl (C=O) groups excluding carboxylic acids is 1. The predicted molar refractivity (Wildman–Crippen MR) is 136 cm³/mol. The van der Waals surface area contributed by atoms with Crippen molar-refractivity contribution in [3.63, 3.8) is 0 Å². The molecule has 0 spiro atoms. The molecule has 0 bridgehead atoms. The van der Waals surface area contributed by atoms with E-state index in [1.54, 1.807) is 6.92 Å². The molecule has 6 nitrogen and oxygen atoms in total. The molecule has 1 atom stereocenters. The number of para-hydroxylation sites is 2. The van der Waals surface area contributed by atoms with Crippen molar-refractivity contribution < 1.29 is 9.53 Å². The molecule has 3 rings (SSSR count). The van der Waals surface area contributed by atoms with Crippen LogP contribution in [0, 0.1) is 11.8 Å². The van der Waals surface area contributed by atoms with E-state index in [0.29, 0.717) is 6.04 Å². The van der Waals surface area contributed by atoms with Gasteiger partial charge in [0.25, 0.3) is 0 Å². The molecule has 2 aliphatic heterocycles. The van der Waals surface area contributed by atoms with Crippen molar-refractivity contribution in [3.8, 4) is 11.8 Å². The molecule has 2 fully saturated rings. The van der Waals surface area contributed by atoms with Gasteiger partial charge in [-0.05, 0) is 59.1 Å². The summed E-state index contributed by atoms with van der Waals surface area (Å²) < 4.78 is 5.21. The van der Waals surface area contributed by atoms with Crippen LogP contribution in [0.5, 0.6) is 0 Å². The number of nitrogens with zero attached hydrogens (tertiary/aromatic N) is 2. The number of hydrogen-bond donors (Lipinski definition) is 2. The van der Waals surface area contributed by atoms with Crippen LogP contribution in [0.15, 0.2) is 36.4 Å². The molecule has 1 aromatic carbocycles. The van der Waals surface area contributed by atoms with E-state index in [1.807, 2.05) is 55.2 Å². The number of anilines is 2. The molecule has 0 saturated carbocycles. The van der Waals surface area contributed by atoms with E-state index in [2.05, 4.69) is 29.0 Å². The zero-order valence-corrected chi connectivity index (χ0v) is 19.5. The molecule has 3 N–H and O–H groups in total. The van der Waals surface area contributed by atoms with Crippen LogP contribution in [0.3, 0.4) is 0 Å². The first-order valence-corrected chi connectivity index (χ1v) is 11.2. The molecule has 6 heteroatoms. The molecule has 2 heterocycles. The van der Waals surface area contributed by atoms with Gasteiger partial charge in [-0.3, -0.25) is 4.90 Å². The lowest BCUT2D eigenvalue weighted by molar-refractivity contribution is 0.0755. The Balaban J connectivity index is 0.000000945. The highest BCUT2D eigenvalue weighted by molar-refractivity contribution is 5.68. The van der Waals surface area contributed by atoms with E-state index >= 15 is 0 Å². The van der Waals surface area contributed by atoms with Crippen LogP contribution in [0.1, 0.15) is 54.4 Å². The van der Waals surface area contributed by atoms with Crippen LogP contribution in [-0.2, 0) is 4.74 Å². The minimum Gasteiger partial charge on any atom is -0.436 e. The highest BCUT2D eigenvalue weighted by atomic mass is 16.6. The molecule has 2 aliphatic rings. The van der Waals surface area contributed by atoms with Gasteiger partial charge in [-0.15, -0.1) is 5.92 Å². The molecule has 2 saturated heterocycles. The number of amides is 1. The Hall–Kier alpha value is -2.65. The maximum absolute atomic E-state index is 12.2. The number of likely N-dealkylation sites (tertiary alicyclic amines) is 2. The number of hydrogen-bond acceptors (Lipinski definition) is 5. The predicted octanol–water partition coefficient (Wildman–Crippen LogP) is 4.99. The Morgan fingerprint density at radius 1 is 1.25 bits per heavy atom. The molecule has 32 heavy (non-hydrogen) atoms. The van der Waals surface area contributed by atoms with Crippen LogP contribution < -0.4 is 11.1 Å². The third kappa shape index (κ3) is 7.80. The summed E-state index contributed by atoms with van der Waals surface area (Å²) >= 11 is 0. The maximum atomic E-state index is 12.2. The van der Waals surface area contributed by atoms with Gasteiger partial charge in [0.2, 0.25) is 0 Å². The van der Waals surface area contributed by atoms with Gasteiger partial charge >= 0.3 is 6.09 Å². The zero-order chi connectivity index (χ0) is 22.7. The van der Waals surface area contributed by atoms with E-state index in [0.717, 1.165) is 56.8 Å².